The van der Waals surface area contributed by atoms with Crippen LogP contribution in [-0.2, 0) is 11.2 Å². The van der Waals surface area contributed by atoms with Crippen LogP contribution in [0.3, 0.4) is 0 Å². The van der Waals surface area contributed by atoms with Crippen molar-refractivity contribution in [2.24, 2.45) is 11.1 Å². The number of nitrogens with one attached hydrogen (secondary N) is 1. The summed E-state index contributed by atoms with van der Waals surface area (Å²) in [5.74, 6) is 0.0282. The summed E-state index contributed by atoms with van der Waals surface area (Å²) in [5.41, 5.74) is 7.58. The summed E-state index contributed by atoms with van der Waals surface area (Å²) in [7, 11) is 0. The van der Waals surface area contributed by atoms with Crippen molar-refractivity contribution in [3.05, 3.63) is 29.8 Å². The Morgan fingerprint density at radius 2 is 1.83 bits per heavy atom. The monoisotopic (exact) mass is 248 g/mol. The van der Waals surface area contributed by atoms with Crippen LogP contribution in [0.25, 0.3) is 0 Å². The van der Waals surface area contributed by atoms with E-state index in [-0.39, 0.29) is 17.4 Å². The van der Waals surface area contributed by atoms with Gasteiger partial charge in [0, 0.05) is 17.1 Å². The van der Waals surface area contributed by atoms with Crippen molar-refractivity contribution in [3.8, 4) is 0 Å². The summed E-state index contributed by atoms with van der Waals surface area (Å²) in [6.07, 6.45) is 1.85. The second kappa shape index (κ2) is 6.01. The maximum Gasteiger partial charge on any atom is 0.229 e. The molecule has 3 nitrogen and oxygen atoms in total. The Hall–Kier alpha value is -1.35. The number of anilines is 1. The molecule has 100 valence electrons. The summed E-state index contributed by atoms with van der Waals surface area (Å²) < 4.78 is 0. The van der Waals surface area contributed by atoms with Gasteiger partial charge in [-0.05, 0) is 30.5 Å². The van der Waals surface area contributed by atoms with Gasteiger partial charge in [0.1, 0.15) is 0 Å². The summed E-state index contributed by atoms with van der Waals surface area (Å²) in [5, 5.41) is 2.91. The molecule has 0 aromatic heterocycles. The molecule has 0 aliphatic heterocycles. The lowest BCUT2D eigenvalue weighted by atomic mass is 9.95. The van der Waals surface area contributed by atoms with Crippen LogP contribution in [-0.4, -0.2) is 11.9 Å². The molecule has 0 fully saturated rings. The molecule has 0 saturated carbocycles. The molecule has 0 saturated heterocycles. The van der Waals surface area contributed by atoms with E-state index in [0.717, 1.165) is 18.5 Å². The highest BCUT2D eigenvalue weighted by molar-refractivity contribution is 5.94. The van der Waals surface area contributed by atoms with Crippen LogP contribution >= 0.6 is 0 Å². The Morgan fingerprint density at radius 1 is 1.28 bits per heavy atom. The van der Waals surface area contributed by atoms with Gasteiger partial charge in [0.25, 0.3) is 0 Å². The second-order valence-electron chi connectivity index (χ2n) is 5.77. The molecule has 0 aliphatic rings. The number of carbonyl (C=O) groups excluding carboxylic acids is 1. The van der Waals surface area contributed by atoms with Crippen LogP contribution < -0.4 is 11.1 Å². The standard InChI is InChI=1S/C15H24N2O/c1-5-12(16)10-11-6-8-13(9-7-11)17-14(18)15(2,3)4/h6-9,12H,5,10,16H2,1-4H3,(H,17,18). The first kappa shape index (κ1) is 14.7. The first-order chi connectivity index (χ1) is 8.32. The third-order valence-corrected chi connectivity index (χ3v) is 2.92. The Bertz CT molecular complexity index is 390. The maximum atomic E-state index is 11.8. The summed E-state index contributed by atoms with van der Waals surface area (Å²) in [6.45, 7) is 7.79. The van der Waals surface area contributed by atoms with E-state index in [1.165, 1.54) is 5.56 Å². The molecule has 3 N–H and O–H groups in total. The van der Waals surface area contributed by atoms with Crippen molar-refractivity contribution in [1.82, 2.24) is 0 Å². The number of rotatable bonds is 4. The molecular formula is C15H24N2O. The lowest BCUT2D eigenvalue weighted by Crippen LogP contribution is -2.27. The van der Waals surface area contributed by atoms with E-state index in [9.17, 15) is 4.79 Å². The van der Waals surface area contributed by atoms with E-state index < -0.39 is 0 Å². The van der Waals surface area contributed by atoms with Crippen molar-refractivity contribution < 1.29 is 4.79 Å². The van der Waals surface area contributed by atoms with Gasteiger partial charge in [-0.15, -0.1) is 0 Å². The zero-order chi connectivity index (χ0) is 13.8. The average Bonchev–Trinajstić information content (AvgIpc) is 2.30. The number of carbonyl (C=O) groups is 1. The first-order valence-electron chi connectivity index (χ1n) is 6.49. The highest BCUT2D eigenvalue weighted by Crippen LogP contribution is 2.18. The fraction of sp³-hybridized carbons (Fsp3) is 0.533. The zero-order valence-corrected chi connectivity index (χ0v) is 11.8. The molecule has 1 rings (SSSR count). The molecule has 1 atom stereocenters. The molecule has 3 heteroatoms. The summed E-state index contributed by atoms with van der Waals surface area (Å²) in [6, 6.07) is 8.12. The molecule has 0 bridgehead atoms. The van der Waals surface area contributed by atoms with Crippen molar-refractivity contribution in [2.75, 3.05) is 5.32 Å². The number of benzene rings is 1. The molecule has 1 aromatic rings. The van der Waals surface area contributed by atoms with Crippen LogP contribution in [0.5, 0.6) is 0 Å². The highest BCUT2D eigenvalue weighted by atomic mass is 16.2. The molecule has 1 amide bonds. The second-order valence-corrected chi connectivity index (χ2v) is 5.77. The Morgan fingerprint density at radius 3 is 2.28 bits per heavy atom. The minimum Gasteiger partial charge on any atom is -0.327 e. The van der Waals surface area contributed by atoms with Gasteiger partial charge in [-0.25, -0.2) is 0 Å². The average molecular weight is 248 g/mol. The predicted octanol–water partition coefficient (Wildman–Crippen LogP) is 2.95. The van der Waals surface area contributed by atoms with Crippen molar-refractivity contribution >= 4 is 11.6 Å². The molecule has 0 heterocycles. The normalized spacial score (nSPS) is 13.2. The number of amides is 1. The van der Waals surface area contributed by atoms with E-state index in [4.69, 9.17) is 5.73 Å². The van der Waals surface area contributed by atoms with Gasteiger partial charge in [0.2, 0.25) is 5.91 Å². The first-order valence-corrected chi connectivity index (χ1v) is 6.49. The van der Waals surface area contributed by atoms with E-state index in [1.54, 1.807) is 0 Å². The van der Waals surface area contributed by atoms with Crippen LogP contribution in [0.15, 0.2) is 24.3 Å². The fourth-order valence-corrected chi connectivity index (χ4v) is 1.49. The molecular weight excluding hydrogens is 224 g/mol. The summed E-state index contributed by atoms with van der Waals surface area (Å²) >= 11 is 0. The molecule has 1 aromatic carbocycles. The lowest BCUT2D eigenvalue weighted by molar-refractivity contribution is -0.123. The topological polar surface area (TPSA) is 55.1 Å². The smallest absolute Gasteiger partial charge is 0.229 e. The largest absolute Gasteiger partial charge is 0.327 e. The van der Waals surface area contributed by atoms with Gasteiger partial charge in [0.05, 0.1) is 0 Å². The van der Waals surface area contributed by atoms with Crippen molar-refractivity contribution in [3.63, 3.8) is 0 Å². The molecule has 0 spiro atoms. The van der Waals surface area contributed by atoms with E-state index in [0.29, 0.717) is 0 Å². The minimum atomic E-state index is -0.372. The van der Waals surface area contributed by atoms with Crippen molar-refractivity contribution in [2.45, 2.75) is 46.6 Å². The van der Waals surface area contributed by atoms with Gasteiger partial charge in [-0.2, -0.15) is 0 Å². The molecule has 18 heavy (non-hydrogen) atoms. The van der Waals surface area contributed by atoms with Crippen LogP contribution in [0, 0.1) is 5.41 Å². The van der Waals surface area contributed by atoms with E-state index >= 15 is 0 Å². The van der Waals surface area contributed by atoms with Gasteiger partial charge in [-0.3, -0.25) is 4.79 Å². The Labute approximate surface area is 110 Å². The van der Waals surface area contributed by atoms with Gasteiger partial charge >= 0.3 is 0 Å². The molecule has 0 aliphatic carbocycles. The van der Waals surface area contributed by atoms with Crippen LogP contribution in [0.2, 0.25) is 0 Å². The van der Waals surface area contributed by atoms with Crippen LogP contribution in [0.1, 0.15) is 39.7 Å². The Kier molecular flexibility index (Phi) is 4.91. The van der Waals surface area contributed by atoms with Gasteiger partial charge < -0.3 is 11.1 Å². The molecule has 1 unspecified atom stereocenters. The van der Waals surface area contributed by atoms with Gasteiger partial charge in [-0.1, -0.05) is 39.8 Å². The summed E-state index contributed by atoms with van der Waals surface area (Å²) in [4.78, 5) is 11.8. The SMILES string of the molecule is CCC(N)Cc1ccc(NC(=O)C(C)(C)C)cc1. The zero-order valence-electron chi connectivity index (χ0n) is 11.8. The van der Waals surface area contributed by atoms with Crippen LogP contribution in [0.4, 0.5) is 5.69 Å². The van der Waals surface area contributed by atoms with E-state index in [1.807, 2.05) is 45.0 Å². The number of nitrogens with two attached hydrogens (primary N) is 1. The lowest BCUT2D eigenvalue weighted by Gasteiger charge is -2.18. The quantitative estimate of drug-likeness (QED) is 0.860. The third-order valence-electron chi connectivity index (χ3n) is 2.92. The Balaban J connectivity index is 2.63. The highest BCUT2D eigenvalue weighted by Gasteiger charge is 2.20. The minimum absolute atomic E-state index is 0.0282. The maximum absolute atomic E-state index is 11.8. The van der Waals surface area contributed by atoms with Gasteiger partial charge in [0.15, 0.2) is 0 Å². The number of hydrogen-bond acceptors (Lipinski definition) is 2. The fourth-order valence-electron chi connectivity index (χ4n) is 1.49. The third kappa shape index (κ3) is 4.49. The molecule has 0 radical (unpaired) electrons. The number of hydrogen-bond donors (Lipinski definition) is 2. The predicted molar refractivity (Wildman–Crippen MR) is 76.5 cm³/mol. The van der Waals surface area contributed by atoms with E-state index in [2.05, 4.69) is 12.2 Å². The van der Waals surface area contributed by atoms with Crippen molar-refractivity contribution in [1.29, 1.82) is 0 Å².